The summed E-state index contributed by atoms with van der Waals surface area (Å²) in [5, 5.41) is 4.63. The molecule has 1 saturated carbocycles. The first-order chi connectivity index (χ1) is 8.86. The van der Waals surface area contributed by atoms with E-state index in [2.05, 4.69) is 15.6 Å². The predicted molar refractivity (Wildman–Crippen MR) is 59.0 cm³/mol. The van der Waals surface area contributed by atoms with E-state index < -0.39 is 23.7 Å². The summed E-state index contributed by atoms with van der Waals surface area (Å²) in [6.07, 6.45) is -2.02. The minimum atomic E-state index is -4.54. The Balaban J connectivity index is 1.95. The molecule has 1 aliphatic rings. The van der Waals surface area contributed by atoms with Crippen molar-refractivity contribution in [2.45, 2.75) is 25.1 Å². The number of nitrogens with zero attached hydrogens (tertiary/aromatic N) is 1. The average molecular weight is 273 g/mol. The fourth-order valence-corrected chi connectivity index (χ4v) is 1.30. The molecule has 2 N–H and O–H groups in total. The molecule has 0 bridgehead atoms. The Labute approximate surface area is 106 Å². The molecule has 0 aromatic carbocycles. The van der Waals surface area contributed by atoms with Crippen molar-refractivity contribution in [3.63, 3.8) is 0 Å². The van der Waals surface area contributed by atoms with Crippen molar-refractivity contribution in [2.24, 2.45) is 0 Å². The lowest BCUT2D eigenvalue weighted by Crippen LogP contribution is -2.36. The van der Waals surface area contributed by atoms with Crippen molar-refractivity contribution in [2.75, 3.05) is 5.32 Å². The number of amides is 2. The topological polar surface area (TPSA) is 71.1 Å². The van der Waals surface area contributed by atoms with E-state index in [4.69, 9.17) is 0 Å². The number of nitrogens with one attached hydrogen (secondary N) is 2. The molecule has 0 spiro atoms. The lowest BCUT2D eigenvalue weighted by molar-refractivity contribution is -0.141. The number of hydrogen-bond donors (Lipinski definition) is 2. The third kappa shape index (κ3) is 3.67. The molecule has 0 unspecified atom stereocenters. The fourth-order valence-electron chi connectivity index (χ4n) is 1.30. The van der Waals surface area contributed by atoms with Crippen molar-refractivity contribution in [1.82, 2.24) is 10.3 Å². The standard InChI is InChI=1S/C11H10F3N3O2/c12-11(13,14)8-4-3-7(5-15-8)17-10(19)9(18)16-6-1-2-6/h3-6H,1-2H2,(H,16,18)(H,17,19). The van der Waals surface area contributed by atoms with Gasteiger partial charge in [-0.3, -0.25) is 9.59 Å². The van der Waals surface area contributed by atoms with Gasteiger partial charge in [0.15, 0.2) is 0 Å². The summed E-state index contributed by atoms with van der Waals surface area (Å²) in [6.45, 7) is 0. The Kier molecular flexibility index (Phi) is 3.41. The van der Waals surface area contributed by atoms with E-state index >= 15 is 0 Å². The Bertz CT molecular complexity index is 495. The molecule has 1 aromatic rings. The van der Waals surface area contributed by atoms with Gasteiger partial charge >= 0.3 is 18.0 Å². The number of hydrogen-bond acceptors (Lipinski definition) is 3. The maximum absolute atomic E-state index is 12.2. The lowest BCUT2D eigenvalue weighted by Gasteiger charge is -2.07. The van der Waals surface area contributed by atoms with Crippen molar-refractivity contribution < 1.29 is 22.8 Å². The summed E-state index contributed by atoms with van der Waals surface area (Å²) in [6, 6.07) is 1.80. The second-order valence-corrected chi connectivity index (χ2v) is 4.13. The summed E-state index contributed by atoms with van der Waals surface area (Å²) in [5.74, 6) is -1.73. The third-order valence-corrected chi connectivity index (χ3v) is 2.43. The van der Waals surface area contributed by atoms with Gasteiger partial charge in [-0.05, 0) is 25.0 Å². The first-order valence-electron chi connectivity index (χ1n) is 5.51. The molecule has 1 fully saturated rings. The molecule has 2 amide bonds. The molecular formula is C11H10F3N3O2. The van der Waals surface area contributed by atoms with Gasteiger partial charge < -0.3 is 10.6 Å². The van der Waals surface area contributed by atoms with Crippen molar-refractivity contribution in [1.29, 1.82) is 0 Å². The fraction of sp³-hybridized carbons (Fsp3) is 0.364. The van der Waals surface area contributed by atoms with Gasteiger partial charge in [0.2, 0.25) is 0 Å². The number of pyridine rings is 1. The van der Waals surface area contributed by atoms with E-state index in [0.29, 0.717) is 0 Å². The highest BCUT2D eigenvalue weighted by atomic mass is 19.4. The van der Waals surface area contributed by atoms with E-state index in [0.717, 1.165) is 31.2 Å². The number of rotatable bonds is 2. The van der Waals surface area contributed by atoms with Crippen LogP contribution in [0.1, 0.15) is 18.5 Å². The maximum atomic E-state index is 12.2. The SMILES string of the molecule is O=C(Nc1ccc(C(F)(F)F)nc1)C(=O)NC1CC1. The van der Waals surface area contributed by atoms with Crippen LogP contribution in [-0.4, -0.2) is 22.8 Å². The van der Waals surface area contributed by atoms with Crippen LogP contribution in [0.15, 0.2) is 18.3 Å². The zero-order valence-electron chi connectivity index (χ0n) is 9.62. The monoisotopic (exact) mass is 273 g/mol. The van der Waals surface area contributed by atoms with E-state index in [1.807, 2.05) is 0 Å². The number of halogens is 3. The van der Waals surface area contributed by atoms with Crippen LogP contribution >= 0.6 is 0 Å². The highest BCUT2D eigenvalue weighted by Crippen LogP contribution is 2.27. The second kappa shape index (κ2) is 4.87. The van der Waals surface area contributed by atoms with Crippen LogP contribution < -0.4 is 10.6 Å². The van der Waals surface area contributed by atoms with E-state index in [1.54, 1.807) is 0 Å². The third-order valence-electron chi connectivity index (χ3n) is 2.43. The molecule has 0 atom stereocenters. The summed E-state index contributed by atoms with van der Waals surface area (Å²) in [4.78, 5) is 25.8. The molecule has 1 heterocycles. The average Bonchev–Trinajstić information content (AvgIpc) is 3.12. The molecule has 0 radical (unpaired) electrons. The van der Waals surface area contributed by atoms with E-state index in [9.17, 15) is 22.8 Å². The zero-order chi connectivity index (χ0) is 14.0. The predicted octanol–water partition coefficient (Wildman–Crippen LogP) is 1.32. The number of carbonyl (C=O) groups excluding carboxylic acids is 2. The van der Waals surface area contributed by atoms with Crippen molar-refractivity contribution >= 4 is 17.5 Å². The van der Waals surface area contributed by atoms with E-state index in [-0.39, 0.29) is 11.7 Å². The van der Waals surface area contributed by atoms with Crippen LogP contribution in [0, 0.1) is 0 Å². The van der Waals surface area contributed by atoms with Gasteiger partial charge in [0.05, 0.1) is 11.9 Å². The minimum Gasteiger partial charge on any atom is -0.345 e. The highest BCUT2D eigenvalue weighted by molar-refractivity contribution is 6.39. The van der Waals surface area contributed by atoms with Crippen LogP contribution in [0.5, 0.6) is 0 Å². The summed E-state index contributed by atoms with van der Waals surface area (Å²) >= 11 is 0. The Morgan fingerprint density at radius 3 is 2.37 bits per heavy atom. The molecule has 1 aliphatic carbocycles. The van der Waals surface area contributed by atoms with Gasteiger partial charge in [0, 0.05) is 6.04 Å². The van der Waals surface area contributed by atoms with Gasteiger partial charge in [-0.15, -0.1) is 0 Å². The smallest absolute Gasteiger partial charge is 0.345 e. The number of aromatic nitrogens is 1. The number of anilines is 1. The molecule has 2 rings (SSSR count). The quantitative estimate of drug-likeness (QED) is 0.798. The van der Waals surface area contributed by atoms with Crippen LogP contribution in [0.25, 0.3) is 0 Å². The van der Waals surface area contributed by atoms with Crippen molar-refractivity contribution in [3.05, 3.63) is 24.0 Å². The normalized spacial score (nSPS) is 14.9. The highest BCUT2D eigenvalue weighted by Gasteiger charge is 2.32. The van der Waals surface area contributed by atoms with Gasteiger partial charge in [-0.2, -0.15) is 13.2 Å². The molecule has 0 aliphatic heterocycles. The van der Waals surface area contributed by atoms with Gasteiger partial charge in [0.1, 0.15) is 5.69 Å². The van der Waals surface area contributed by atoms with Crippen molar-refractivity contribution in [3.8, 4) is 0 Å². The van der Waals surface area contributed by atoms with E-state index in [1.165, 1.54) is 0 Å². The number of carbonyl (C=O) groups is 2. The largest absolute Gasteiger partial charge is 0.433 e. The Morgan fingerprint density at radius 2 is 1.89 bits per heavy atom. The lowest BCUT2D eigenvalue weighted by atomic mass is 10.3. The maximum Gasteiger partial charge on any atom is 0.433 e. The van der Waals surface area contributed by atoms with Crippen LogP contribution in [0.3, 0.4) is 0 Å². The summed E-state index contributed by atoms with van der Waals surface area (Å²) < 4.78 is 36.7. The first kappa shape index (κ1) is 13.3. The molecule has 1 aromatic heterocycles. The Morgan fingerprint density at radius 1 is 1.21 bits per heavy atom. The summed E-state index contributed by atoms with van der Waals surface area (Å²) in [7, 11) is 0. The Hall–Kier alpha value is -2.12. The molecular weight excluding hydrogens is 263 g/mol. The van der Waals surface area contributed by atoms with Crippen LogP contribution in [-0.2, 0) is 15.8 Å². The molecule has 5 nitrogen and oxygen atoms in total. The minimum absolute atomic E-state index is 0.0314. The first-order valence-corrected chi connectivity index (χ1v) is 5.51. The molecule has 8 heteroatoms. The van der Waals surface area contributed by atoms with Crippen LogP contribution in [0.4, 0.5) is 18.9 Å². The van der Waals surface area contributed by atoms with Crippen LogP contribution in [0.2, 0.25) is 0 Å². The number of alkyl halides is 3. The molecule has 0 saturated heterocycles. The van der Waals surface area contributed by atoms with Gasteiger partial charge in [0.25, 0.3) is 0 Å². The molecule has 102 valence electrons. The molecule has 19 heavy (non-hydrogen) atoms. The zero-order valence-corrected chi connectivity index (χ0v) is 9.62. The van der Waals surface area contributed by atoms with Gasteiger partial charge in [-0.1, -0.05) is 0 Å². The second-order valence-electron chi connectivity index (χ2n) is 4.13. The van der Waals surface area contributed by atoms with Gasteiger partial charge in [-0.25, -0.2) is 4.98 Å². The summed E-state index contributed by atoms with van der Waals surface area (Å²) in [5.41, 5.74) is -1.03.